The second-order valence-corrected chi connectivity index (χ2v) is 7.21. The zero-order valence-electron chi connectivity index (χ0n) is 13.4. The number of amides is 1. The maximum atomic E-state index is 12.5. The SMILES string of the molecule is Cc1noc(C)c1CSc1ncccc1C(=O)NCc1cccs1. The number of hydrogen-bond donors (Lipinski definition) is 1. The summed E-state index contributed by atoms with van der Waals surface area (Å²) in [4.78, 5) is 17.9. The minimum absolute atomic E-state index is 0.113. The summed E-state index contributed by atoms with van der Waals surface area (Å²) in [5.74, 6) is 1.36. The molecule has 3 aromatic rings. The van der Waals surface area contributed by atoms with Crippen LogP contribution in [0.4, 0.5) is 0 Å². The third-order valence-electron chi connectivity index (χ3n) is 3.55. The van der Waals surface area contributed by atoms with Gasteiger partial charge in [0.25, 0.3) is 5.91 Å². The van der Waals surface area contributed by atoms with E-state index in [0.717, 1.165) is 21.9 Å². The van der Waals surface area contributed by atoms with Crippen molar-refractivity contribution in [1.29, 1.82) is 0 Å². The molecule has 0 aliphatic heterocycles. The van der Waals surface area contributed by atoms with Gasteiger partial charge >= 0.3 is 0 Å². The van der Waals surface area contributed by atoms with Crippen LogP contribution in [0.5, 0.6) is 0 Å². The van der Waals surface area contributed by atoms with Crippen molar-refractivity contribution in [2.24, 2.45) is 0 Å². The van der Waals surface area contributed by atoms with Crippen LogP contribution in [-0.4, -0.2) is 16.0 Å². The van der Waals surface area contributed by atoms with E-state index in [-0.39, 0.29) is 5.91 Å². The molecule has 0 saturated carbocycles. The smallest absolute Gasteiger partial charge is 0.254 e. The number of pyridine rings is 1. The first kappa shape index (κ1) is 16.7. The maximum Gasteiger partial charge on any atom is 0.254 e. The van der Waals surface area contributed by atoms with Crippen LogP contribution >= 0.6 is 23.1 Å². The summed E-state index contributed by atoms with van der Waals surface area (Å²) in [7, 11) is 0. The van der Waals surface area contributed by atoms with E-state index in [1.807, 2.05) is 31.4 Å². The fourth-order valence-corrected chi connectivity index (χ4v) is 3.99. The van der Waals surface area contributed by atoms with E-state index < -0.39 is 0 Å². The average molecular weight is 359 g/mol. The van der Waals surface area contributed by atoms with Crippen molar-refractivity contribution in [2.45, 2.75) is 31.2 Å². The Labute approximate surface area is 148 Å². The molecule has 0 aromatic carbocycles. The van der Waals surface area contributed by atoms with Crippen molar-refractivity contribution < 1.29 is 9.32 Å². The number of thioether (sulfide) groups is 1. The molecule has 0 aliphatic rings. The average Bonchev–Trinajstić information content (AvgIpc) is 3.22. The number of aryl methyl sites for hydroxylation is 2. The van der Waals surface area contributed by atoms with Crippen LogP contribution < -0.4 is 5.32 Å². The number of aromatic nitrogens is 2. The molecule has 0 unspecified atom stereocenters. The summed E-state index contributed by atoms with van der Waals surface area (Å²) in [6.45, 7) is 4.34. The van der Waals surface area contributed by atoms with Gasteiger partial charge < -0.3 is 9.84 Å². The molecule has 5 nitrogen and oxygen atoms in total. The number of carbonyl (C=O) groups excluding carboxylic acids is 1. The molecular formula is C17H17N3O2S2. The molecule has 3 heterocycles. The van der Waals surface area contributed by atoms with E-state index >= 15 is 0 Å². The standard InChI is InChI=1S/C17H17N3O2S2/c1-11-15(12(2)22-20-11)10-24-17-14(6-3-7-18-17)16(21)19-9-13-5-4-8-23-13/h3-8H,9-10H2,1-2H3,(H,19,21). The Morgan fingerprint density at radius 3 is 2.92 bits per heavy atom. The Bertz CT molecular complexity index is 809. The van der Waals surface area contributed by atoms with E-state index in [9.17, 15) is 4.79 Å². The first-order valence-corrected chi connectivity index (χ1v) is 9.32. The van der Waals surface area contributed by atoms with Gasteiger partial charge in [0.2, 0.25) is 0 Å². The monoisotopic (exact) mass is 359 g/mol. The second kappa shape index (κ2) is 7.63. The Morgan fingerprint density at radius 2 is 2.21 bits per heavy atom. The molecule has 0 radical (unpaired) electrons. The van der Waals surface area contributed by atoms with E-state index in [4.69, 9.17) is 4.52 Å². The van der Waals surface area contributed by atoms with Gasteiger partial charge in [0, 0.05) is 22.4 Å². The van der Waals surface area contributed by atoms with Gasteiger partial charge in [-0.1, -0.05) is 11.2 Å². The van der Waals surface area contributed by atoms with Crippen LogP contribution in [0.15, 0.2) is 45.4 Å². The summed E-state index contributed by atoms with van der Waals surface area (Å²) in [6, 6.07) is 7.55. The fourth-order valence-electron chi connectivity index (χ4n) is 2.20. The molecule has 0 fully saturated rings. The largest absolute Gasteiger partial charge is 0.361 e. The van der Waals surface area contributed by atoms with Crippen molar-refractivity contribution in [3.8, 4) is 0 Å². The van der Waals surface area contributed by atoms with Gasteiger partial charge in [-0.25, -0.2) is 4.98 Å². The van der Waals surface area contributed by atoms with Crippen LogP contribution in [0.2, 0.25) is 0 Å². The summed E-state index contributed by atoms with van der Waals surface area (Å²) >= 11 is 3.14. The lowest BCUT2D eigenvalue weighted by molar-refractivity contribution is 0.0947. The molecule has 3 rings (SSSR count). The highest BCUT2D eigenvalue weighted by Gasteiger charge is 2.15. The first-order chi connectivity index (χ1) is 11.6. The number of hydrogen-bond acceptors (Lipinski definition) is 6. The third kappa shape index (κ3) is 3.85. The number of nitrogens with one attached hydrogen (secondary N) is 1. The van der Waals surface area contributed by atoms with Crippen LogP contribution in [0, 0.1) is 13.8 Å². The van der Waals surface area contributed by atoms with Gasteiger partial charge in [-0.15, -0.1) is 23.1 Å². The number of carbonyl (C=O) groups is 1. The van der Waals surface area contributed by atoms with Crippen LogP contribution in [0.1, 0.15) is 32.3 Å². The summed E-state index contributed by atoms with van der Waals surface area (Å²) in [5, 5.41) is 9.61. The molecule has 0 spiro atoms. The molecule has 24 heavy (non-hydrogen) atoms. The molecule has 3 aromatic heterocycles. The summed E-state index contributed by atoms with van der Waals surface area (Å²) in [5.41, 5.74) is 2.51. The first-order valence-electron chi connectivity index (χ1n) is 7.45. The van der Waals surface area contributed by atoms with Crippen LogP contribution in [-0.2, 0) is 12.3 Å². The Morgan fingerprint density at radius 1 is 1.33 bits per heavy atom. The third-order valence-corrected chi connectivity index (χ3v) is 5.46. The maximum absolute atomic E-state index is 12.5. The van der Waals surface area contributed by atoms with E-state index in [1.165, 1.54) is 11.8 Å². The van der Waals surface area contributed by atoms with Crippen LogP contribution in [0.25, 0.3) is 0 Å². The molecule has 7 heteroatoms. The van der Waals surface area contributed by atoms with Crippen molar-refractivity contribution in [2.75, 3.05) is 0 Å². The molecular weight excluding hydrogens is 342 g/mol. The second-order valence-electron chi connectivity index (χ2n) is 5.21. The zero-order valence-corrected chi connectivity index (χ0v) is 15.0. The molecule has 0 atom stereocenters. The lowest BCUT2D eigenvalue weighted by Gasteiger charge is -2.08. The topological polar surface area (TPSA) is 68.0 Å². The van der Waals surface area contributed by atoms with Crippen LogP contribution in [0.3, 0.4) is 0 Å². The Kier molecular flexibility index (Phi) is 5.32. The van der Waals surface area contributed by atoms with E-state index in [1.54, 1.807) is 29.7 Å². The fraction of sp³-hybridized carbons (Fsp3) is 0.235. The van der Waals surface area contributed by atoms with Gasteiger partial charge in [-0.2, -0.15) is 0 Å². The van der Waals surface area contributed by atoms with Crippen molar-refractivity contribution in [3.05, 3.63) is 63.3 Å². The van der Waals surface area contributed by atoms with E-state index in [0.29, 0.717) is 22.9 Å². The minimum atomic E-state index is -0.113. The highest BCUT2D eigenvalue weighted by molar-refractivity contribution is 7.98. The van der Waals surface area contributed by atoms with Crippen molar-refractivity contribution in [1.82, 2.24) is 15.5 Å². The van der Waals surface area contributed by atoms with Gasteiger partial charge in [0.05, 0.1) is 17.8 Å². The highest BCUT2D eigenvalue weighted by atomic mass is 32.2. The summed E-state index contributed by atoms with van der Waals surface area (Å²) < 4.78 is 5.18. The van der Waals surface area contributed by atoms with Crippen molar-refractivity contribution in [3.63, 3.8) is 0 Å². The van der Waals surface area contributed by atoms with Gasteiger partial charge in [-0.05, 0) is 37.4 Å². The molecule has 0 aliphatic carbocycles. The van der Waals surface area contributed by atoms with Gasteiger partial charge in [-0.3, -0.25) is 4.79 Å². The predicted octanol–water partition coefficient (Wildman–Crippen LogP) is 3.97. The van der Waals surface area contributed by atoms with Gasteiger partial charge in [0.15, 0.2) is 0 Å². The number of rotatable bonds is 6. The van der Waals surface area contributed by atoms with E-state index in [2.05, 4.69) is 15.5 Å². The molecule has 0 bridgehead atoms. The number of thiophene rings is 1. The summed E-state index contributed by atoms with van der Waals surface area (Å²) in [6.07, 6.45) is 1.70. The predicted molar refractivity (Wildman–Crippen MR) is 95.3 cm³/mol. The molecule has 124 valence electrons. The lowest BCUT2D eigenvalue weighted by atomic mass is 10.2. The molecule has 0 saturated heterocycles. The highest BCUT2D eigenvalue weighted by Crippen LogP contribution is 2.27. The molecule has 1 amide bonds. The lowest BCUT2D eigenvalue weighted by Crippen LogP contribution is -2.23. The Hall–Kier alpha value is -2.12. The quantitative estimate of drug-likeness (QED) is 0.675. The van der Waals surface area contributed by atoms with Gasteiger partial charge in [0.1, 0.15) is 10.8 Å². The zero-order chi connectivity index (χ0) is 16.9. The minimum Gasteiger partial charge on any atom is -0.361 e. The van der Waals surface area contributed by atoms with Crippen molar-refractivity contribution >= 4 is 29.0 Å². The Balaban J connectivity index is 1.69. The number of nitrogens with zero attached hydrogens (tertiary/aromatic N) is 2. The molecule has 1 N–H and O–H groups in total. The normalized spacial score (nSPS) is 10.8.